The van der Waals surface area contributed by atoms with E-state index in [2.05, 4.69) is 10.2 Å². The third-order valence-corrected chi connectivity index (χ3v) is 4.50. The van der Waals surface area contributed by atoms with Gasteiger partial charge in [-0.3, -0.25) is 4.18 Å². The molecule has 24 heavy (non-hydrogen) atoms. The van der Waals surface area contributed by atoms with Crippen molar-refractivity contribution in [3.63, 3.8) is 0 Å². The molecule has 1 aliphatic rings. The van der Waals surface area contributed by atoms with Crippen molar-refractivity contribution in [1.82, 2.24) is 10.2 Å². The first-order valence-corrected chi connectivity index (χ1v) is 9.35. The molecular formula is C17H17FN2O3S. The van der Waals surface area contributed by atoms with E-state index in [1.165, 1.54) is 12.1 Å². The fraction of sp³-hybridized carbons (Fsp3) is 0.294. The highest BCUT2D eigenvalue weighted by Gasteiger charge is 2.22. The van der Waals surface area contributed by atoms with Gasteiger partial charge in [0, 0.05) is 12.6 Å². The van der Waals surface area contributed by atoms with E-state index in [1.807, 2.05) is 12.1 Å². The van der Waals surface area contributed by atoms with Crippen molar-refractivity contribution in [1.29, 1.82) is 0 Å². The van der Waals surface area contributed by atoms with Crippen LogP contribution in [0.2, 0.25) is 0 Å². The summed E-state index contributed by atoms with van der Waals surface area (Å²) in [5.74, 6) is -0.277. The summed E-state index contributed by atoms with van der Waals surface area (Å²) >= 11 is 0. The van der Waals surface area contributed by atoms with Crippen LogP contribution in [0.1, 0.15) is 23.2 Å². The molecule has 0 spiro atoms. The molecule has 0 fully saturated rings. The number of hydrogen-bond donors (Lipinski definition) is 0. The molecule has 1 aliphatic carbocycles. The average Bonchev–Trinajstić information content (AvgIpc) is 2.84. The number of hydrogen-bond acceptors (Lipinski definition) is 5. The third kappa shape index (κ3) is 4.04. The SMILES string of the molecule is CS(=O)(=O)OCCC1=C(Cc2cccnn2)c2ccc(F)cc2C1. The van der Waals surface area contributed by atoms with Crippen LogP contribution in [0.25, 0.3) is 5.57 Å². The first kappa shape index (κ1) is 16.7. The molecule has 1 aromatic heterocycles. The van der Waals surface area contributed by atoms with Gasteiger partial charge < -0.3 is 0 Å². The van der Waals surface area contributed by atoms with Crippen molar-refractivity contribution >= 4 is 15.7 Å². The van der Waals surface area contributed by atoms with Gasteiger partial charge in [-0.25, -0.2) is 4.39 Å². The minimum absolute atomic E-state index is 0.0780. The topological polar surface area (TPSA) is 69.2 Å². The number of benzene rings is 1. The third-order valence-electron chi connectivity index (χ3n) is 3.91. The van der Waals surface area contributed by atoms with Crippen molar-refractivity contribution in [3.8, 4) is 0 Å². The quantitative estimate of drug-likeness (QED) is 0.751. The predicted octanol–water partition coefficient (Wildman–Crippen LogP) is 2.53. The predicted molar refractivity (Wildman–Crippen MR) is 88.2 cm³/mol. The zero-order valence-corrected chi connectivity index (χ0v) is 14.0. The van der Waals surface area contributed by atoms with Crippen LogP contribution in [0, 0.1) is 5.82 Å². The summed E-state index contributed by atoms with van der Waals surface area (Å²) in [5.41, 5.74) is 4.79. The Balaban J connectivity index is 1.87. The molecule has 3 rings (SSSR count). The van der Waals surface area contributed by atoms with Crippen LogP contribution in [-0.2, 0) is 27.1 Å². The van der Waals surface area contributed by atoms with E-state index in [0.29, 0.717) is 19.3 Å². The summed E-state index contributed by atoms with van der Waals surface area (Å²) in [6.07, 6.45) is 4.27. The summed E-state index contributed by atoms with van der Waals surface area (Å²) in [5, 5.41) is 7.98. The summed E-state index contributed by atoms with van der Waals surface area (Å²) in [7, 11) is -3.47. The van der Waals surface area contributed by atoms with Crippen molar-refractivity contribution in [3.05, 3.63) is 64.7 Å². The van der Waals surface area contributed by atoms with Crippen LogP contribution < -0.4 is 0 Å². The lowest BCUT2D eigenvalue weighted by molar-refractivity contribution is 0.325. The van der Waals surface area contributed by atoms with Gasteiger partial charge in [-0.1, -0.05) is 11.6 Å². The summed E-state index contributed by atoms with van der Waals surface area (Å²) in [6, 6.07) is 8.42. The highest BCUT2D eigenvalue weighted by molar-refractivity contribution is 7.85. The molecule has 0 bridgehead atoms. The second-order valence-corrected chi connectivity index (χ2v) is 7.37. The molecule has 0 radical (unpaired) electrons. The zero-order chi connectivity index (χ0) is 17.2. The molecule has 0 aliphatic heterocycles. The van der Waals surface area contributed by atoms with Crippen LogP contribution in [0.4, 0.5) is 4.39 Å². The van der Waals surface area contributed by atoms with Crippen molar-refractivity contribution < 1.29 is 17.0 Å². The van der Waals surface area contributed by atoms with Gasteiger partial charge in [-0.2, -0.15) is 18.6 Å². The molecule has 5 nitrogen and oxygen atoms in total. The van der Waals surface area contributed by atoms with E-state index >= 15 is 0 Å². The normalized spacial score (nSPS) is 14.1. The smallest absolute Gasteiger partial charge is 0.264 e. The molecule has 0 atom stereocenters. The van der Waals surface area contributed by atoms with Gasteiger partial charge in [0.15, 0.2) is 0 Å². The van der Waals surface area contributed by atoms with Crippen LogP contribution in [0.15, 0.2) is 42.1 Å². The second kappa shape index (κ2) is 6.78. The molecule has 7 heteroatoms. The van der Waals surface area contributed by atoms with Gasteiger partial charge in [-0.05, 0) is 53.8 Å². The molecule has 0 saturated carbocycles. The second-order valence-electron chi connectivity index (χ2n) is 5.73. The Bertz CT molecular complexity index is 880. The minimum Gasteiger partial charge on any atom is -0.270 e. The lowest BCUT2D eigenvalue weighted by atomic mass is 9.99. The lowest BCUT2D eigenvalue weighted by Gasteiger charge is -2.08. The Morgan fingerprint density at radius 2 is 2.12 bits per heavy atom. The molecular weight excluding hydrogens is 331 g/mol. The standard InChI is InChI=1S/C17H17FN2O3S/c1-24(21,22)23-8-6-12-9-13-10-14(18)4-5-16(13)17(12)11-15-3-2-7-19-20-15/h2-5,7,10H,6,8-9,11H2,1H3. The molecule has 126 valence electrons. The highest BCUT2D eigenvalue weighted by atomic mass is 32.2. The highest BCUT2D eigenvalue weighted by Crippen LogP contribution is 2.36. The number of aromatic nitrogens is 2. The van der Waals surface area contributed by atoms with Crippen molar-refractivity contribution in [2.24, 2.45) is 0 Å². The van der Waals surface area contributed by atoms with E-state index < -0.39 is 10.1 Å². The van der Waals surface area contributed by atoms with E-state index in [1.54, 1.807) is 12.3 Å². The summed E-state index contributed by atoms with van der Waals surface area (Å²) < 4.78 is 40.6. The van der Waals surface area contributed by atoms with Gasteiger partial charge in [0.2, 0.25) is 0 Å². The molecule has 1 heterocycles. The Labute approximate surface area is 140 Å². The summed E-state index contributed by atoms with van der Waals surface area (Å²) in [6.45, 7) is 0.0780. The van der Waals surface area contributed by atoms with E-state index in [-0.39, 0.29) is 12.4 Å². The average molecular weight is 348 g/mol. The first-order valence-electron chi connectivity index (χ1n) is 7.53. The maximum atomic E-state index is 13.5. The van der Waals surface area contributed by atoms with Gasteiger partial charge in [-0.15, -0.1) is 0 Å². The largest absolute Gasteiger partial charge is 0.270 e. The molecule has 0 unspecified atom stereocenters. The number of fused-ring (bicyclic) bond motifs is 1. The summed E-state index contributed by atoms with van der Waals surface area (Å²) in [4.78, 5) is 0. The Hall–Kier alpha value is -2.12. The first-order chi connectivity index (χ1) is 11.4. The molecule has 0 N–H and O–H groups in total. The number of allylic oxidation sites excluding steroid dienone is 1. The minimum atomic E-state index is -3.47. The van der Waals surface area contributed by atoms with E-state index in [4.69, 9.17) is 4.18 Å². The molecule has 0 saturated heterocycles. The van der Waals surface area contributed by atoms with Crippen molar-refractivity contribution in [2.75, 3.05) is 12.9 Å². The maximum Gasteiger partial charge on any atom is 0.264 e. The fourth-order valence-electron chi connectivity index (χ4n) is 2.91. The molecule has 1 aromatic carbocycles. The van der Waals surface area contributed by atoms with Crippen LogP contribution >= 0.6 is 0 Å². The van der Waals surface area contributed by atoms with E-state index in [9.17, 15) is 12.8 Å². The number of rotatable bonds is 6. The fourth-order valence-corrected chi connectivity index (χ4v) is 3.30. The van der Waals surface area contributed by atoms with Crippen LogP contribution in [0.5, 0.6) is 0 Å². The lowest BCUT2D eigenvalue weighted by Crippen LogP contribution is -2.05. The monoisotopic (exact) mass is 348 g/mol. The Kier molecular flexibility index (Phi) is 4.73. The van der Waals surface area contributed by atoms with Crippen LogP contribution in [0.3, 0.4) is 0 Å². The number of halogens is 1. The van der Waals surface area contributed by atoms with Gasteiger partial charge in [0.25, 0.3) is 10.1 Å². The van der Waals surface area contributed by atoms with E-state index in [0.717, 1.165) is 34.2 Å². The van der Waals surface area contributed by atoms with Gasteiger partial charge in [0.1, 0.15) is 5.82 Å². The zero-order valence-electron chi connectivity index (χ0n) is 13.2. The maximum absolute atomic E-state index is 13.5. The molecule has 2 aromatic rings. The Morgan fingerprint density at radius 1 is 1.29 bits per heavy atom. The van der Waals surface area contributed by atoms with Gasteiger partial charge in [0.05, 0.1) is 18.6 Å². The number of nitrogens with zero attached hydrogens (tertiary/aromatic N) is 2. The van der Waals surface area contributed by atoms with Gasteiger partial charge >= 0.3 is 0 Å². The molecule has 0 amide bonds. The van der Waals surface area contributed by atoms with Crippen molar-refractivity contribution in [2.45, 2.75) is 19.3 Å². The van der Waals surface area contributed by atoms with Crippen LogP contribution in [-0.4, -0.2) is 31.5 Å². The Morgan fingerprint density at radius 3 is 2.83 bits per heavy atom.